The van der Waals surface area contributed by atoms with Crippen molar-refractivity contribution in [1.82, 2.24) is 4.72 Å². The first kappa shape index (κ1) is 20.2. The highest BCUT2D eigenvalue weighted by Gasteiger charge is 2.28. The van der Waals surface area contributed by atoms with Crippen molar-refractivity contribution >= 4 is 44.9 Å². The second-order valence-electron chi connectivity index (χ2n) is 6.47. The number of carbonyl (C=O) groups is 1. The van der Waals surface area contributed by atoms with Gasteiger partial charge in [0.25, 0.3) is 0 Å². The molecule has 2 N–H and O–H groups in total. The fourth-order valence-electron chi connectivity index (χ4n) is 3.07. The van der Waals surface area contributed by atoms with Crippen LogP contribution in [-0.2, 0) is 10.0 Å². The number of hydrogen-bond acceptors (Lipinski definition) is 4. The molecule has 0 fully saturated rings. The standard InChI is InChI=1S/C22H19N3O3S2/c1-2-15-23-30(27,28)17-13-11-16(12-14-17)24-22(26)25-18-7-3-5-9-20(18)29-21-10-6-4-8-19(21)25/h2-14,23H,1,15H2,(H,24,26). The Kier molecular flexibility index (Phi) is 5.63. The fourth-order valence-corrected chi connectivity index (χ4v) is 5.13. The third-order valence-corrected chi connectivity index (χ3v) is 7.04. The van der Waals surface area contributed by atoms with Gasteiger partial charge in [-0.1, -0.05) is 42.1 Å². The van der Waals surface area contributed by atoms with E-state index in [2.05, 4.69) is 16.6 Å². The minimum atomic E-state index is -3.62. The average molecular weight is 438 g/mol. The van der Waals surface area contributed by atoms with E-state index in [-0.39, 0.29) is 17.5 Å². The first-order valence-electron chi connectivity index (χ1n) is 9.17. The van der Waals surface area contributed by atoms with Crippen LogP contribution in [0.3, 0.4) is 0 Å². The maximum atomic E-state index is 13.2. The second kappa shape index (κ2) is 8.35. The van der Waals surface area contributed by atoms with Gasteiger partial charge in [-0.05, 0) is 48.5 Å². The lowest BCUT2D eigenvalue weighted by atomic mass is 10.2. The molecule has 0 atom stereocenters. The molecule has 2 amide bonds. The summed E-state index contributed by atoms with van der Waals surface area (Å²) in [6.45, 7) is 3.65. The predicted octanol–water partition coefficient (Wildman–Crippen LogP) is 4.99. The quantitative estimate of drug-likeness (QED) is 0.552. The molecule has 1 heterocycles. The van der Waals surface area contributed by atoms with Gasteiger partial charge in [-0.25, -0.2) is 17.9 Å². The van der Waals surface area contributed by atoms with Gasteiger partial charge in [0, 0.05) is 22.0 Å². The van der Waals surface area contributed by atoms with E-state index < -0.39 is 10.0 Å². The van der Waals surface area contributed by atoms with E-state index in [0.717, 1.165) is 21.2 Å². The second-order valence-corrected chi connectivity index (χ2v) is 9.32. The number of sulfonamides is 1. The van der Waals surface area contributed by atoms with Crippen molar-refractivity contribution in [3.05, 3.63) is 85.5 Å². The molecule has 1 aliphatic rings. The Hall–Kier alpha value is -3.07. The highest BCUT2D eigenvalue weighted by atomic mass is 32.2. The number of benzene rings is 3. The summed E-state index contributed by atoms with van der Waals surface area (Å²) in [5.41, 5.74) is 2.09. The van der Waals surface area contributed by atoms with E-state index in [1.807, 2.05) is 48.5 Å². The molecule has 6 nitrogen and oxygen atoms in total. The lowest BCUT2D eigenvalue weighted by Gasteiger charge is -2.31. The molecule has 152 valence electrons. The number of carbonyl (C=O) groups excluding carboxylic acids is 1. The Labute approximate surface area is 179 Å². The Bertz CT molecular complexity index is 1160. The summed E-state index contributed by atoms with van der Waals surface area (Å²) in [6, 6.07) is 21.1. The first-order chi connectivity index (χ1) is 14.5. The number of rotatable bonds is 5. The zero-order valence-electron chi connectivity index (χ0n) is 15.9. The van der Waals surface area contributed by atoms with Gasteiger partial charge in [0.15, 0.2) is 0 Å². The van der Waals surface area contributed by atoms with Crippen LogP contribution in [0.5, 0.6) is 0 Å². The summed E-state index contributed by atoms with van der Waals surface area (Å²) in [4.78, 5) is 16.9. The van der Waals surface area contributed by atoms with Crippen LogP contribution in [0.2, 0.25) is 0 Å². The van der Waals surface area contributed by atoms with E-state index in [1.54, 1.807) is 28.8 Å². The minimum Gasteiger partial charge on any atom is -0.307 e. The van der Waals surface area contributed by atoms with Crippen molar-refractivity contribution in [3.8, 4) is 0 Å². The molecule has 0 bridgehead atoms. The summed E-state index contributed by atoms with van der Waals surface area (Å²) in [5.74, 6) is 0. The third kappa shape index (κ3) is 3.97. The predicted molar refractivity (Wildman–Crippen MR) is 120 cm³/mol. The van der Waals surface area contributed by atoms with Gasteiger partial charge in [0.05, 0.1) is 16.3 Å². The Balaban J connectivity index is 1.60. The van der Waals surface area contributed by atoms with Gasteiger partial charge in [0.1, 0.15) is 0 Å². The molecule has 3 aromatic rings. The van der Waals surface area contributed by atoms with E-state index in [9.17, 15) is 13.2 Å². The number of nitrogens with one attached hydrogen (secondary N) is 2. The van der Waals surface area contributed by atoms with Crippen LogP contribution >= 0.6 is 11.8 Å². The first-order valence-corrected chi connectivity index (χ1v) is 11.5. The van der Waals surface area contributed by atoms with E-state index >= 15 is 0 Å². The van der Waals surface area contributed by atoms with Crippen LogP contribution in [0.25, 0.3) is 0 Å². The van der Waals surface area contributed by atoms with Crippen LogP contribution in [0.15, 0.2) is 100 Å². The molecule has 0 saturated heterocycles. The Morgan fingerprint density at radius 1 is 0.933 bits per heavy atom. The zero-order chi connectivity index (χ0) is 21.1. The molecular weight excluding hydrogens is 418 g/mol. The summed E-state index contributed by atoms with van der Waals surface area (Å²) in [7, 11) is -3.62. The van der Waals surface area contributed by atoms with E-state index in [4.69, 9.17) is 0 Å². The molecular formula is C22H19N3O3S2. The summed E-state index contributed by atoms with van der Waals surface area (Å²) >= 11 is 1.62. The monoisotopic (exact) mass is 437 g/mol. The lowest BCUT2D eigenvalue weighted by Crippen LogP contribution is -2.32. The van der Waals surface area contributed by atoms with Gasteiger partial charge < -0.3 is 5.32 Å². The largest absolute Gasteiger partial charge is 0.331 e. The number of urea groups is 1. The van der Waals surface area contributed by atoms with Crippen LogP contribution in [0, 0.1) is 0 Å². The zero-order valence-corrected chi connectivity index (χ0v) is 17.5. The average Bonchev–Trinajstić information content (AvgIpc) is 2.76. The van der Waals surface area contributed by atoms with Crippen LogP contribution in [0.1, 0.15) is 0 Å². The Morgan fingerprint density at radius 2 is 1.50 bits per heavy atom. The highest BCUT2D eigenvalue weighted by Crippen LogP contribution is 2.47. The summed E-state index contributed by atoms with van der Waals surface area (Å²) in [6.07, 6.45) is 1.47. The van der Waals surface area contributed by atoms with Crippen LogP contribution in [0.4, 0.5) is 21.9 Å². The van der Waals surface area contributed by atoms with Crippen LogP contribution in [-0.4, -0.2) is 21.0 Å². The minimum absolute atomic E-state index is 0.118. The van der Waals surface area contributed by atoms with Gasteiger partial charge in [0.2, 0.25) is 10.0 Å². The lowest BCUT2D eigenvalue weighted by molar-refractivity contribution is 0.259. The van der Waals surface area contributed by atoms with Crippen molar-refractivity contribution in [1.29, 1.82) is 0 Å². The molecule has 0 aliphatic carbocycles. The molecule has 30 heavy (non-hydrogen) atoms. The molecule has 0 spiro atoms. The molecule has 4 rings (SSSR count). The third-order valence-electron chi connectivity index (χ3n) is 4.47. The molecule has 8 heteroatoms. The number of hydrogen-bond donors (Lipinski definition) is 2. The SMILES string of the molecule is C=CCNS(=O)(=O)c1ccc(NC(=O)N2c3ccccc3Sc3ccccc32)cc1. The maximum absolute atomic E-state index is 13.2. The molecule has 0 radical (unpaired) electrons. The number of fused-ring (bicyclic) bond motifs is 2. The van der Waals surface area contributed by atoms with Gasteiger partial charge in [-0.3, -0.25) is 4.90 Å². The number of nitrogens with zero attached hydrogens (tertiary/aromatic N) is 1. The number of anilines is 3. The van der Waals surface area contributed by atoms with Gasteiger partial charge >= 0.3 is 6.03 Å². The van der Waals surface area contributed by atoms with Gasteiger partial charge in [-0.15, -0.1) is 6.58 Å². The normalized spacial score (nSPS) is 12.6. The number of amides is 2. The van der Waals surface area contributed by atoms with E-state index in [1.165, 1.54) is 18.2 Å². The molecule has 0 aromatic heterocycles. The topological polar surface area (TPSA) is 78.5 Å². The molecule has 0 unspecified atom stereocenters. The maximum Gasteiger partial charge on any atom is 0.331 e. The van der Waals surface area contributed by atoms with Crippen molar-refractivity contribution in [2.75, 3.05) is 16.8 Å². The highest BCUT2D eigenvalue weighted by molar-refractivity contribution is 7.99. The fraction of sp³-hybridized carbons (Fsp3) is 0.0455. The smallest absolute Gasteiger partial charge is 0.307 e. The van der Waals surface area contributed by atoms with Gasteiger partial charge in [-0.2, -0.15) is 0 Å². The molecule has 1 aliphatic heterocycles. The van der Waals surface area contributed by atoms with E-state index in [0.29, 0.717) is 5.69 Å². The number of para-hydroxylation sites is 2. The molecule has 3 aromatic carbocycles. The summed E-state index contributed by atoms with van der Waals surface area (Å²) < 4.78 is 26.8. The van der Waals surface area contributed by atoms with Crippen molar-refractivity contribution < 1.29 is 13.2 Å². The van der Waals surface area contributed by atoms with Crippen molar-refractivity contribution in [3.63, 3.8) is 0 Å². The molecule has 0 saturated carbocycles. The van der Waals surface area contributed by atoms with Crippen molar-refractivity contribution in [2.45, 2.75) is 14.7 Å². The van der Waals surface area contributed by atoms with Crippen LogP contribution < -0.4 is 14.9 Å². The Morgan fingerprint density at radius 3 is 2.07 bits per heavy atom. The summed E-state index contributed by atoms with van der Waals surface area (Å²) in [5, 5.41) is 2.86. The van der Waals surface area contributed by atoms with Crippen molar-refractivity contribution in [2.24, 2.45) is 0 Å².